The Balaban J connectivity index is 2.10. The molecule has 0 unspecified atom stereocenters. The average molecular weight is 398 g/mol. The lowest BCUT2D eigenvalue weighted by Gasteiger charge is -2.09. The lowest BCUT2D eigenvalue weighted by molar-refractivity contribution is -0.116. The number of allylic oxidation sites excluding steroid dienone is 2. The number of hydrogen-bond donors (Lipinski definition) is 2. The molecule has 7 nitrogen and oxygen atoms in total. The van der Waals surface area contributed by atoms with Crippen molar-refractivity contribution in [3.05, 3.63) is 52.7 Å². The fourth-order valence-corrected chi connectivity index (χ4v) is 3.23. The van der Waals surface area contributed by atoms with E-state index < -0.39 is 5.91 Å². The number of nitrogens with zero attached hydrogens (tertiary/aromatic N) is 3. The van der Waals surface area contributed by atoms with Crippen LogP contribution in [0.1, 0.15) is 50.4 Å². The Morgan fingerprint density at radius 2 is 2.10 bits per heavy atom. The molecule has 0 aliphatic carbocycles. The van der Waals surface area contributed by atoms with Gasteiger partial charge in [0.25, 0.3) is 5.91 Å². The van der Waals surface area contributed by atoms with Crippen molar-refractivity contribution in [3.8, 4) is 0 Å². The Morgan fingerprint density at radius 1 is 1.24 bits per heavy atom. The van der Waals surface area contributed by atoms with E-state index in [0.717, 1.165) is 61.2 Å². The van der Waals surface area contributed by atoms with E-state index in [1.165, 1.54) is 18.9 Å². The lowest BCUT2D eigenvalue weighted by Crippen LogP contribution is -2.16. The van der Waals surface area contributed by atoms with E-state index in [1.54, 1.807) is 6.08 Å². The number of amides is 1. The second-order valence-electron chi connectivity index (χ2n) is 6.91. The molecule has 2 N–H and O–H groups in total. The molecular weight excluding hydrogens is 366 g/mol. The number of rotatable bonds is 13. The highest BCUT2D eigenvalue weighted by atomic mass is 16.3. The number of fused-ring (bicyclic) bond motifs is 1. The zero-order valence-corrected chi connectivity index (χ0v) is 17.4. The van der Waals surface area contributed by atoms with Crippen LogP contribution in [0.2, 0.25) is 0 Å². The second-order valence-corrected chi connectivity index (χ2v) is 6.91. The van der Waals surface area contributed by atoms with Crippen molar-refractivity contribution in [3.63, 3.8) is 0 Å². The summed E-state index contributed by atoms with van der Waals surface area (Å²) in [6.07, 6.45) is 14.1. The van der Waals surface area contributed by atoms with E-state index in [2.05, 4.69) is 34.2 Å². The standard InChI is InChI=1S/C22H31N5O2/c1-3-4-5-6-7-8-9-10-21-24-19-17-18(12-14-22(28)25-26-29)11-13-20(19)27(21)16-15-23-2/h4-5,11-14,17,23H,3,6-10,15-16H2,1-2H3,(H,25,28,29)/b5-4-,14-12+. The largest absolute Gasteiger partial charge is 0.327 e. The van der Waals surface area contributed by atoms with Crippen LogP contribution in [-0.2, 0) is 17.8 Å². The number of aryl methyl sites for hydroxylation is 1. The molecule has 0 bridgehead atoms. The fourth-order valence-electron chi connectivity index (χ4n) is 3.23. The number of likely N-dealkylation sites (N-methyl/N-ethyl adjacent to an activating group) is 1. The topological polar surface area (TPSA) is 88.4 Å². The van der Waals surface area contributed by atoms with Gasteiger partial charge in [-0.3, -0.25) is 4.79 Å². The van der Waals surface area contributed by atoms with Crippen LogP contribution in [0.5, 0.6) is 0 Å². The number of carbonyl (C=O) groups excluding carboxylic acids is 1. The molecule has 1 heterocycles. The van der Waals surface area contributed by atoms with Crippen molar-refractivity contribution >= 4 is 23.0 Å². The Kier molecular flexibility index (Phi) is 9.78. The van der Waals surface area contributed by atoms with Crippen LogP contribution in [0.4, 0.5) is 0 Å². The molecule has 1 amide bonds. The minimum Gasteiger partial charge on any atom is -0.327 e. The van der Waals surface area contributed by atoms with E-state index in [4.69, 9.17) is 4.98 Å². The number of carbonyl (C=O) groups is 1. The Bertz CT molecular complexity index is 854. The molecule has 0 saturated carbocycles. The lowest BCUT2D eigenvalue weighted by atomic mass is 10.1. The third-order valence-electron chi connectivity index (χ3n) is 4.69. The number of aromatic nitrogens is 2. The zero-order valence-electron chi connectivity index (χ0n) is 17.4. The molecule has 0 fully saturated rings. The van der Waals surface area contributed by atoms with Crippen LogP contribution in [0.3, 0.4) is 0 Å². The molecule has 1 aromatic carbocycles. The molecule has 7 heteroatoms. The van der Waals surface area contributed by atoms with Crippen LogP contribution in [0, 0.1) is 4.91 Å². The fraction of sp³-hybridized carbons (Fsp3) is 0.455. The van der Waals surface area contributed by atoms with Gasteiger partial charge in [-0.1, -0.05) is 31.6 Å². The molecule has 29 heavy (non-hydrogen) atoms. The highest BCUT2D eigenvalue weighted by Gasteiger charge is 2.10. The highest BCUT2D eigenvalue weighted by molar-refractivity contribution is 5.92. The maximum Gasteiger partial charge on any atom is 0.266 e. The quantitative estimate of drug-likeness (QED) is 0.175. The summed E-state index contributed by atoms with van der Waals surface area (Å²) in [5.41, 5.74) is 4.71. The molecule has 0 aliphatic heterocycles. The van der Waals surface area contributed by atoms with Crippen molar-refractivity contribution in [2.24, 2.45) is 5.29 Å². The molecule has 0 radical (unpaired) electrons. The molecular formula is C22H31N5O2. The van der Waals surface area contributed by atoms with Crippen molar-refractivity contribution in [1.82, 2.24) is 20.3 Å². The zero-order chi connectivity index (χ0) is 20.9. The van der Waals surface area contributed by atoms with Gasteiger partial charge in [-0.2, -0.15) is 0 Å². The predicted molar refractivity (Wildman–Crippen MR) is 118 cm³/mol. The number of nitrogens with one attached hydrogen (secondary N) is 2. The predicted octanol–water partition coefficient (Wildman–Crippen LogP) is 4.14. The van der Waals surface area contributed by atoms with E-state index in [-0.39, 0.29) is 0 Å². The number of unbranched alkanes of at least 4 members (excludes halogenated alkanes) is 3. The second kappa shape index (κ2) is 12.6. The molecule has 0 saturated heterocycles. The summed E-state index contributed by atoms with van der Waals surface area (Å²) >= 11 is 0. The Morgan fingerprint density at radius 3 is 2.86 bits per heavy atom. The summed E-state index contributed by atoms with van der Waals surface area (Å²) in [5, 5.41) is 5.58. The van der Waals surface area contributed by atoms with Crippen LogP contribution < -0.4 is 10.7 Å². The molecule has 0 aliphatic rings. The first-order chi connectivity index (χ1) is 14.2. The van der Waals surface area contributed by atoms with Gasteiger partial charge in [-0.05, 0) is 56.5 Å². The van der Waals surface area contributed by atoms with Crippen molar-refractivity contribution in [2.45, 2.75) is 52.0 Å². The van der Waals surface area contributed by atoms with Gasteiger partial charge in [0, 0.05) is 25.6 Å². The van der Waals surface area contributed by atoms with Crippen LogP contribution >= 0.6 is 0 Å². The Hall–Kier alpha value is -2.80. The highest BCUT2D eigenvalue weighted by Crippen LogP contribution is 2.20. The number of nitroso groups, excluding NO2 is 1. The number of benzene rings is 1. The maximum absolute atomic E-state index is 11.4. The van der Waals surface area contributed by atoms with E-state index in [1.807, 2.05) is 30.7 Å². The van der Waals surface area contributed by atoms with E-state index in [0.29, 0.717) is 0 Å². The summed E-state index contributed by atoms with van der Waals surface area (Å²) in [5.74, 6) is 0.553. The van der Waals surface area contributed by atoms with E-state index in [9.17, 15) is 9.70 Å². The Labute approximate surface area is 172 Å². The number of imidazole rings is 1. The molecule has 1 aromatic heterocycles. The minimum atomic E-state index is -0.547. The summed E-state index contributed by atoms with van der Waals surface area (Å²) in [4.78, 5) is 26.3. The summed E-state index contributed by atoms with van der Waals surface area (Å²) < 4.78 is 2.28. The van der Waals surface area contributed by atoms with Crippen molar-refractivity contribution in [1.29, 1.82) is 0 Å². The van der Waals surface area contributed by atoms with Gasteiger partial charge in [0.2, 0.25) is 0 Å². The van der Waals surface area contributed by atoms with Gasteiger partial charge in [0.1, 0.15) is 5.82 Å². The molecule has 156 valence electrons. The van der Waals surface area contributed by atoms with Gasteiger partial charge in [-0.15, -0.1) is 4.91 Å². The first-order valence-corrected chi connectivity index (χ1v) is 10.3. The van der Waals surface area contributed by atoms with Crippen molar-refractivity contribution < 1.29 is 4.79 Å². The third kappa shape index (κ3) is 7.27. The molecule has 2 rings (SSSR count). The molecule has 2 aromatic rings. The van der Waals surface area contributed by atoms with E-state index >= 15 is 0 Å². The average Bonchev–Trinajstić information content (AvgIpc) is 3.06. The normalized spacial score (nSPS) is 11.7. The van der Waals surface area contributed by atoms with Crippen LogP contribution in [0.25, 0.3) is 17.1 Å². The van der Waals surface area contributed by atoms with Gasteiger partial charge in [0.15, 0.2) is 0 Å². The van der Waals surface area contributed by atoms with Gasteiger partial charge in [0.05, 0.1) is 16.3 Å². The summed E-state index contributed by atoms with van der Waals surface area (Å²) in [7, 11) is 1.95. The molecule has 0 atom stereocenters. The smallest absolute Gasteiger partial charge is 0.266 e. The van der Waals surface area contributed by atoms with Gasteiger partial charge < -0.3 is 9.88 Å². The first-order valence-electron chi connectivity index (χ1n) is 10.3. The first kappa shape index (κ1) is 22.5. The maximum atomic E-state index is 11.4. The SMILES string of the molecule is CC/C=C\CCCCCc1nc2cc(/C=C/C(=O)NN=O)ccc2n1CCNC. The van der Waals surface area contributed by atoms with Crippen molar-refractivity contribution in [2.75, 3.05) is 13.6 Å². The van der Waals surface area contributed by atoms with Gasteiger partial charge in [-0.25, -0.2) is 10.4 Å². The molecule has 0 spiro atoms. The van der Waals surface area contributed by atoms with Crippen LogP contribution in [-0.4, -0.2) is 29.1 Å². The van der Waals surface area contributed by atoms with Gasteiger partial charge >= 0.3 is 0 Å². The minimum absolute atomic E-state index is 0.547. The summed E-state index contributed by atoms with van der Waals surface area (Å²) in [6.45, 7) is 3.90. The third-order valence-corrected chi connectivity index (χ3v) is 4.69. The monoisotopic (exact) mass is 397 g/mol. The van der Waals surface area contributed by atoms with Crippen LogP contribution in [0.15, 0.2) is 41.7 Å². The summed E-state index contributed by atoms with van der Waals surface area (Å²) in [6, 6.07) is 5.94. The number of hydrogen-bond acceptors (Lipinski definition) is 5.